The van der Waals surface area contributed by atoms with E-state index in [4.69, 9.17) is 4.74 Å². The van der Waals surface area contributed by atoms with Crippen molar-refractivity contribution in [2.45, 2.75) is 38.5 Å². The minimum Gasteiger partial charge on any atom is -0.474 e. The van der Waals surface area contributed by atoms with Crippen molar-refractivity contribution in [2.24, 2.45) is 0 Å². The molecule has 0 aliphatic carbocycles. The number of aromatic amines is 1. The van der Waals surface area contributed by atoms with Crippen LogP contribution in [-0.4, -0.2) is 51.5 Å². The number of nitrogens with one attached hydrogen (secondary N) is 1. The van der Waals surface area contributed by atoms with Crippen LogP contribution in [0, 0.1) is 0 Å². The van der Waals surface area contributed by atoms with E-state index in [0.29, 0.717) is 44.0 Å². The smallest absolute Gasteiger partial charge is 0.242 e. The lowest BCUT2D eigenvalue weighted by molar-refractivity contribution is -0.128. The van der Waals surface area contributed by atoms with Gasteiger partial charge in [0.05, 0.1) is 17.4 Å². The molecular weight excluding hydrogens is 380 g/mol. The van der Waals surface area contributed by atoms with Gasteiger partial charge in [0.15, 0.2) is 0 Å². The average molecular weight is 406 g/mol. The number of likely N-dealkylation sites (tertiary alicyclic amines) is 1. The first kappa shape index (κ1) is 20.1. The SMILES string of the molecule is C[C@@H](CC(=O)Cc1cc2[nH]nc(OCCN3CCCC3=O)c2cn1)c1ccccc1. The lowest BCUT2D eigenvalue weighted by atomic mass is 9.94. The van der Waals surface area contributed by atoms with Crippen LogP contribution in [0.25, 0.3) is 10.9 Å². The van der Waals surface area contributed by atoms with Crippen molar-refractivity contribution in [2.75, 3.05) is 19.7 Å². The molecule has 0 bridgehead atoms. The maximum atomic E-state index is 12.5. The molecule has 1 amide bonds. The molecule has 0 unspecified atom stereocenters. The van der Waals surface area contributed by atoms with E-state index < -0.39 is 0 Å². The number of aromatic nitrogens is 3. The molecule has 3 aromatic rings. The Morgan fingerprint density at radius 2 is 2.13 bits per heavy atom. The Kier molecular flexibility index (Phi) is 6.07. The summed E-state index contributed by atoms with van der Waals surface area (Å²) >= 11 is 0. The number of fused-ring (bicyclic) bond motifs is 1. The molecule has 156 valence electrons. The molecule has 2 aromatic heterocycles. The van der Waals surface area contributed by atoms with E-state index in [1.807, 2.05) is 41.3 Å². The number of Topliss-reactive ketones (excluding diaryl/α,β-unsaturated/α-hetero) is 1. The number of amides is 1. The second-order valence-electron chi connectivity index (χ2n) is 7.81. The highest BCUT2D eigenvalue weighted by atomic mass is 16.5. The van der Waals surface area contributed by atoms with Gasteiger partial charge in [0, 0.05) is 37.7 Å². The molecule has 0 saturated carbocycles. The molecule has 0 spiro atoms. The number of pyridine rings is 1. The maximum absolute atomic E-state index is 12.5. The first-order valence-electron chi connectivity index (χ1n) is 10.4. The molecule has 1 aliphatic heterocycles. The van der Waals surface area contributed by atoms with Crippen molar-refractivity contribution >= 4 is 22.6 Å². The fourth-order valence-corrected chi connectivity index (χ4v) is 3.85. The van der Waals surface area contributed by atoms with Crippen molar-refractivity contribution in [3.05, 3.63) is 53.9 Å². The van der Waals surface area contributed by atoms with Gasteiger partial charge in [0.25, 0.3) is 0 Å². The summed E-state index contributed by atoms with van der Waals surface area (Å²) in [7, 11) is 0. The maximum Gasteiger partial charge on any atom is 0.242 e. The van der Waals surface area contributed by atoms with Crippen molar-refractivity contribution in [3.63, 3.8) is 0 Å². The zero-order valence-electron chi connectivity index (χ0n) is 17.1. The van der Waals surface area contributed by atoms with Crippen molar-refractivity contribution in [3.8, 4) is 5.88 Å². The topological polar surface area (TPSA) is 88.2 Å². The van der Waals surface area contributed by atoms with Gasteiger partial charge in [-0.05, 0) is 24.0 Å². The predicted octanol–water partition coefficient (Wildman–Crippen LogP) is 3.26. The molecule has 1 saturated heterocycles. The van der Waals surface area contributed by atoms with Gasteiger partial charge in [-0.3, -0.25) is 19.7 Å². The summed E-state index contributed by atoms with van der Waals surface area (Å²) in [6.07, 6.45) is 4.01. The predicted molar refractivity (Wildman–Crippen MR) is 113 cm³/mol. The summed E-state index contributed by atoms with van der Waals surface area (Å²) in [5.41, 5.74) is 2.67. The molecule has 7 nitrogen and oxygen atoms in total. The number of carbonyl (C=O) groups excluding carboxylic acids is 2. The first-order chi connectivity index (χ1) is 14.6. The van der Waals surface area contributed by atoms with E-state index in [2.05, 4.69) is 22.1 Å². The summed E-state index contributed by atoms with van der Waals surface area (Å²) in [5.74, 6) is 0.990. The highest BCUT2D eigenvalue weighted by molar-refractivity contribution is 5.85. The molecule has 30 heavy (non-hydrogen) atoms. The number of rotatable bonds is 9. The van der Waals surface area contributed by atoms with Crippen LogP contribution in [-0.2, 0) is 16.0 Å². The lowest BCUT2D eigenvalue weighted by Gasteiger charge is -2.14. The minimum absolute atomic E-state index is 0.157. The van der Waals surface area contributed by atoms with Crippen LogP contribution < -0.4 is 4.74 Å². The zero-order chi connectivity index (χ0) is 20.9. The zero-order valence-corrected chi connectivity index (χ0v) is 17.1. The molecule has 7 heteroatoms. The van der Waals surface area contributed by atoms with E-state index in [1.54, 1.807) is 6.20 Å². The van der Waals surface area contributed by atoms with Crippen LogP contribution in [0.15, 0.2) is 42.6 Å². The number of H-pyrrole nitrogens is 1. The molecule has 0 radical (unpaired) electrons. The second kappa shape index (κ2) is 9.07. The van der Waals surface area contributed by atoms with Crippen LogP contribution in [0.2, 0.25) is 0 Å². The number of hydrogen-bond acceptors (Lipinski definition) is 5. The molecule has 1 fully saturated rings. The van der Waals surface area contributed by atoms with Gasteiger partial charge in [-0.1, -0.05) is 37.3 Å². The Morgan fingerprint density at radius 3 is 2.90 bits per heavy atom. The highest BCUT2D eigenvalue weighted by Crippen LogP contribution is 2.24. The molecule has 3 heterocycles. The van der Waals surface area contributed by atoms with Crippen molar-refractivity contribution in [1.29, 1.82) is 0 Å². The first-order valence-corrected chi connectivity index (χ1v) is 10.4. The third kappa shape index (κ3) is 4.67. The van der Waals surface area contributed by atoms with Crippen molar-refractivity contribution < 1.29 is 14.3 Å². The van der Waals surface area contributed by atoms with Gasteiger partial charge >= 0.3 is 0 Å². The standard InChI is InChI=1S/C23H26N4O3/c1-16(17-6-3-2-4-7-17)12-19(28)13-18-14-21-20(15-24-18)23(26-25-21)30-11-10-27-9-5-8-22(27)29/h2-4,6-7,14-16H,5,8-13H2,1H3,(H,25,26)/t16-/m0/s1. The largest absolute Gasteiger partial charge is 0.474 e. The molecule has 1 aromatic carbocycles. The number of carbonyl (C=O) groups is 2. The van der Waals surface area contributed by atoms with E-state index in [9.17, 15) is 9.59 Å². The molecule has 4 rings (SSSR count). The molecule has 1 aliphatic rings. The lowest BCUT2D eigenvalue weighted by Crippen LogP contribution is -2.29. The Labute approximate surface area is 175 Å². The van der Waals surface area contributed by atoms with Gasteiger partial charge in [-0.15, -0.1) is 5.10 Å². The Morgan fingerprint density at radius 1 is 1.30 bits per heavy atom. The molecule has 1 atom stereocenters. The summed E-state index contributed by atoms with van der Waals surface area (Å²) in [6, 6.07) is 11.9. The third-order valence-electron chi connectivity index (χ3n) is 5.52. The number of ether oxygens (including phenoxy) is 1. The Balaban J connectivity index is 1.33. The number of benzene rings is 1. The van der Waals surface area contributed by atoms with Gasteiger partial charge in [0.2, 0.25) is 11.8 Å². The van der Waals surface area contributed by atoms with Gasteiger partial charge in [-0.2, -0.15) is 0 Å². The monoisotopic (exact) mass is 406 g/mol. The Hall–Kier alpha value is -3.22. The van der Waals surface area contributed by atoms with E-state index in [-0.39, 0.29) is 17.6 Å². The fourth-order valence-electron chi connectivity index (χ4n) is 3.85. The van der Waals surface area contributed by atoms with Gasteiger partial charge < -0.3 is 9.64 Å². The minimum atomic E-state index is 0.157. The number of ketones is 1. The number of hydrogen-bond donors (Lipinski definition) is 1. The summed E-state index contributed by atoms with van der Waals surface area (Å²) in [5, 5.41) is 7.93. The average Bonchev–Trinajstić information content (AvgIpc) is 3.34. The third-order valence-corrected chi connectivity index (χ3v) is 5.52. The summed E-state index contributed by atoms with van der Waals surface area (Å²) in [6.45, 7) is 3.82. The quantitative estimate of drug-likeness (QED) is 0.589. The number of nitrogens with zero attached hydrogens (tertiary/aromatic N) is 3. The summed E-state index contributed by atoms with van der Waals surface area (Å²) in [4.78, 5) is 30.4. The normalized spacial score (nSPS) is 15.0. The van der Waals surface area contributed by atoms with Gasteiger partial charge in [0.1, 0.15) is 12.4 Å². The van der Waals surface area contributed by atoms with Crippen LogP contribution >= 0.6 is 0 Å². The van der Waals surface area contributed by atoms with Crippen LogP contribution in [0.4, 0.5) is 0 Å². The Bertz CT molecular complexity index is 1030. The van der Waals surface area contributed by atoms with E-state index in [0.717, 1.165) is 23.9 Å². The van der Waals surface area contributed by atoms with E-state index >= 15 is 0 Å². The second-order valence-corrected chi connectivity index (χ2v) is 7.81. The fraction of sp³-hybridized carbons (Fsp3) is 0.391. The molecule has 1 N–H and O–H groups in total. The van der Waals surface area contributed by atoms with Crippen LogP contribution in [0.5, 0.6) is 5.88 Å². The van der Waals surface area contributed by atoms with Crippen LogP contribution in [0.3, 0.4) is 0 Å². The van der Waals surface area contributed by atoms with Crippen LogP contribution in [0.1, 0.15) is 43.4 Å². The van der Waals surface area contributed by atoms with Crippen molar-refractivity contribution in [1.82, 2.24) is 20.1 Å². The summed E-state index contributed by atoms with van der Waals surface area (Å²) < 4.78 is 5.75. The van der Waals surface area contributed by atoms with Gasteiger partial charge in [-0.25, -0.2) is 0 Å². The molecular formula is C23H26N4O3. The van der Waals surface area contributed by atoms with E-state index in [1.165, 1.54) is 5.56 Å². The highest BCUT2D eigenvalue weighted by Gasteiger charge is 2.20.